The van der Waals surface area contributed by atoms with Crippen LogP contribution in [0.1, 0.15) is 23.9 Å². The van der Waals surface area contributed by atoms with Gasteiger partial charge in [-0.05, 0) is 19.0 Å². The number of ether oxygens (including phenoxy) is 1. The van der Waals surface area contributed by atoms with Crippen LogP contribution < -0.4 is 5.32 Å². The molecule has 19 heavy (non-hydrogen) atoms. The lowest BCUT2D eigenvalue weighted by molar-refractivity contribution is 0.181. The molecule has 1 N–H and O–H groups in total. The summed E-state index contributed by atoms with van der Waals surface area (Å²) >= 11 is 1.62. The Hall–Kier alpha value is -1.37. The fraction of sp³-hybridized carbons (Fsp3) is 0.462. The van der Waals surface area contributed by atoms with Gasteiger partial charge < -0.3 is 10.1 Å². The first-order valence-electron chi connectivity index (χ1n) is 6.30. The third-order valence-corrected chi connectivity index (χ3v) is 3.62. The molecule has 0 amide bonds. The number of nitrogens with zero attached hydrogens (tertiary/aromatic N) is 3. The van der Waals surface area contributed by atoms with Crippen LogP contribution in [0, 0.1) is 0 Å². The topological polar surface area (TPSA) is 59.9 Å². The number of hydrogen-bond acceptors (Lipinski definition) is 6. The number of methoxy groups -OCH3 is 1. The standard InChI is InChI=1S/C13H18N4OS/c1-3-5-14-8-11-10(9-18-2)17-13(19-11)12-15-6-4-7-16-12/h4,6-7,14H,3,5,8-9H2,1-2H3. The lowest BCUT2D eigenvalue weighted by Gasteiger charge is -2.02. The lowest BCUT2D eigenvalue weighted by atomic mass is 10.3. The molecule has 2 aromatic rings. The molecule has 5 nitrogen and oxygen atoms in total. The summed E-state index contributed by atoms with van der Waals surface area (Å²) in [6, 6.07) is 1.80. The normalized spacial score (nSPS) is 10.8. The molecule has 2 rings (SSSR count). The number of aromatic nitrogens is 3. The molecule has 0 spiro atoms. The van der Waals surface area contributed by atoms with Gasteiger partial charge in [0.05, 0.1) is 12.3 Å². The zero-order chi connectivity index (χ0) is 13.5. The van der Waals surface area contributed by atoms with Crippen LogP contribution in [0.25, 0.3) is 10.8 Å². The quantitative estimate of drug-likeness (QED) is 0.787. The minimum Gasteiger partial charge on any atom is -0.378 e. The van der Waals surface area contributed by atoms with Crippen LogP contribution in [0.2, 0.25) is 0 Å². The van der Waals surface area contributed by atoms with Gasteiger partial charge in [-0.1, -0.05) is 6.92 Å². The third kappa shape index (κ3) is 3.79. The van der Waals surface area contributed by atoms with Gasteiger partial charge in [-0.3, -0.25) is 0 Å². The van der Waals surface area contributed by atoms with Crippen LogP contribution in [0.4, 0.5) is 0 Å². The average Bonchev–Trinajstić information content (AvgIpc) is 2.84. The molecular formula is C13H18N4OS. The summed E-state index contributed by atoms with van der Waals surface area (Å²) in [6.07, 6.45) is 4.58. The minimum atomic E-state index is 0.520. The highest BCUT2D eigenvalue weighted by atomic mass is 32.1. The van der Waals surface area contributed by atoms with Crippen molar-refractivity contribution in [3.8, 4) is 10.8 Å². The first-order valence-corrected chi connectivity index (χ1v) is 7.12. The highest BCUT2D eigenvalue weighted by molar-refractivity contribution is 7.15. The average molecular weight is 278 g/mol. The number of thiazole rings is 1. The van der Waals surface area contributed by atoms with Crippen molar-refractivity contribution < 1.29 is 4.74 Å². The molecule has 2 heterocycles. The van der Waals surface area contributed by atoms with E-state index in [0.29, 0.717) is 12.4 Å². The van der Waals surface area contributed by atoms with E-state index in [0.717, 1.165) is 30.2 Å². The van der Waals surface area contributed by atoms with E-state index in [1.165, 1.54) is 4.88 Å². The molecule has 6 heteroatoms. The van der Waals surface area contributed by atoms with Crippen molar-refractivity contribution in [3.63, 3.8) is 0 Å². The van der Waals surface area contributed by atoms with Crippen LogP contribution >= 0.6 is 11.3 Å². The maximum atomic E-state index is 5.20. The first-order chi connectivity index (χ1) is 9.35. The predicted molar refractivity (Wildman–Crippen MR) is 75.9 cm³/mol. The van der Waals surface area contributed by atoms with E-state index >= 15 is 0 Å². The van der Waals surface area contributed by atoms with E-state index in [4.69, 9.17) is 4.74 Å². The fourth-order valence-corrected chi connectivity index (χ4v) is 2.64. The lowest BCUT2D eigenvalue weighted by Crippen LogP contribution is -2.14. The summed E-state index contributed by atoms with van der Waals surface area (Å²) in [6.45, 7) is 4.49. The Bertz CT molecular complexity index is 501. The Morgan fingerprint density at radius 3 is 2.79 bits per heavy atom. The molecule has 0 atom stereocenters. The highest BCUT2D eigenvalue weighted by Crippen LogP contribution is 2.25. The van der Waals surface area contributed by atoms with Gasteiger partial charge in [-0.2, -0.15) is 0 Å². The monoisotopic (exact) mass is 278 g/mol. The maximum Gasteiger partial charge on any atom is 0.188 e. The minimum absolute atomic E-state index is 0.520. The van der Waals surface area contributed by atoms with E-state index in [2.05, 4.69) is 27.2 Å². The molecule has 2 aromatic heterocycles. The van der Waals surface area contributed by atoms with Crippen molar-refractivity contribution >= 4 is 11.3 Å². The van der Waals surface area contributed by atoms with Gasteiger partial charge in [0, 0.05) is 30.9 Å². The largest absolute Gasteiger partial charge is 0.378 e. The highest BCUT2D eigenvalue weighted by Gasteiger charge is 2.13. The van der Waals surface area contributed by atoms with Crippen molar-refractivity contribution in [1.29, 1.82) is 0 Å². The summed E-state index contributed by atoms with van der Waals surface area (Å²) in [5.41, 5.74) is 0.971. The molecule has 0 aliphatic carbocycles. The summed E-state index contributed by atoms with van der Waals surface area (Å²) in [7, 11) is 1.68. The Morgan fingerprint density at radius 1 is 1.32 bits per heavy atom. The fourth-order valence-electron chi connectivity index (χ4n) is 1.65. The zero-order valence-electron chi connectivity index (χ0n) is 11.2. The van der Waals surface area contributed by atoms with Gasteiger partial charge in [0.25, 0.3) is 0 Å². The van der Waals surface area contributed by atoms with Crippen molar-refractivity contribution in [1.82, 2.24) is 20.3 Å². The molecule has 0 unspecified atom stereocenters. The van der Waals surface area contributed by atoms with Crippen LogP contribution in [-0.4, -0.2) is 28.6 Å². The van der Waals surface area contributed by atoms with E-state index in [1.807, 2.05) is 0 Å². The van der Waals surface area contributed by atoms with Crippen LogP contribution in [0.15, 0.2) is 18.5 Å². The van der Waals surface area contributed by atoms with Gasteiger partial charge in [0.2, 0.25) is 0 Å². The number of hydrogen-bond donors (Lipinski definition) is 1. The van der Waals surface area contributed by atoms with Crippen molar-refractivity contribution in [2.45, 2.75) is 26.5 Å². The molecule has 0 saturated heterocycles. The number of rotatable bonds is 7. The van der Waals surface area contributed by atoms with E-state index in [1.54, 1.807) is 36.9 Å². The molecule has 102 valence electrons. The van der Waals surface area contributed by atoms with Crippen molar-refractivity contribution in [2.75, 3.05) is 13.7 Å². The number of nitrogens with one attached hydrogen (secondary N) is 1. The molecule has 0 bridgehead atoms. The van der Waals surface area contributed by atoms with E-state index in [-0.39, 0.29) is 0 Å². The smallest absolute Gasteiger partial charge is 0.188 e. The Kier molecular flexibility index (Phi) is 5.38. The third-order valence-electron chi connectivity index (χ3n) is 2.53. The zero-order valence-corrected chi connectivity index (χ0v) is 12.0. The second kappa shape index (κ2) is 7.28. The Labute approximate surface area is 117 Å². The second-order valence-corrected chi connectivity index (χ2v) is 5.15. The van der Waals surface area contributed by atoms with Gasteiger partial charge in [0.15, 0.2) is 10.8 Å². The summed E-state index contributed by atoms with van der Waals surface area (Å²) in [4.78, 5) is 14.2. The first kappa shape index (κ1) is 14.0. The summed E-state index contributed by atoms with van der Waals surface area (Å²) in [5, 5.41) is 4.24. The SMILES string of the molecule is CCCNCc1sc(-c2ncccn2)nc1COC. The molecule has 0 saturated carbocycles. The van der Waals surface area contributed by atoms with Gasteiger partial charge in [-0.25, -0.2) is 15.0 Å². The van der Waals surface area contributed by atoms with Gasteiger partial charge >= 0.3 is 0 Å². The summed E-state index contributed by atoms with van der Waals surface area (Å²) in [5.74, 6) is 0.673. The van der Waals surface area contributed by atoms with E-state index in [9.17, 15) is 0 Å². The van der Waals surface area contributed by atoms with Crippen molar-refractivity contribution in [3.05, 3.63) is 29.0 Å². The molecule has 0 aromatic carbocycles. The van der Waals surface area contributed by atoms with Gasteiger partial charge in [-0.15, -0.1) is 11.3 Å². The molecule has 0 fully saturated rings. The van der Waals surface area contributed by atoms with Crippen LogP contribution in [-0.2, 0) is 17.9 Å². The Balaban J connectivity index is 2.19. The van der Waals surface area contributed by atoms with Crippen molar-refractivity contribution in [2.24, 2.45) is 0 Å². The predicted octanol–water partition coefficient (Wildman–Crippen LogP) is 2.25. The molecule has 0 radical (unpaired) electrons. The van der Waals surface area contributed by atoms with Crippen LogP contribution in [0.5, 0.6) is 0 Å². The maximum absolute atomic E-state index is 5.20. The van der Waals surface area contributed by atoms with Gasteiger partial charge in [0.1, 0.15) is 0 Å². The van der Waals surface area contributed by atoms with E-state index < -0.39 is 0 Å². The summed E-state index contributed by atoms with van der Waals surface area (Å²) < 4.78 is 5.20. The molecular weight excluding hydrogens is 260 g/mol. The molecule has 0 aliphatic rings. The second-order valence-electron chi connectivity index (χ2n) is 4.07. The Morgan fingerprint density at radius 2 is 2.11 bits per heavy atom. The van der Waals surface area contributed by atoms with Crippen LogP contribution in [0.3, 0.4) is 0 Å². The molecule has 0 aliphatic heterocycles.